The Morgan fingerprint density at radius 3 is 2.32 bits per heavy atom. The molecule has 0 aromatic heterocycles. The highest BCUT2D eigenvalue weighted by molar-refractivity contribution is 6.35. The van der Waals surface area contributed by atoms with Crippen LogP contribution in [0.3, 0.4) is 0 Å². The van der Waals surface area contributed by atoms with Gasteiger partial charge in [-0.15, -0.1) is 0 Å². The van der Waals surface area contributed by atoms with Crippen molar-refractivity contribution < 1.29 is 19.2 Å². The number of nitrogens with one attached hydrogen (secondary N) is 2. The summed E-state index contributed by atoms with van der Waals surface area (Å²) in [6, 6.07) is -0.942. The average molecular weight is 310 g/mol. The van der Waals surface area contributed by atoms with Gasteiger partial charge in [0.15, 0.2) is 0 Å². The van der Waals surface area contributed by atoms with Gasteiger partial charge in [0.1, 0.15) is 6.04 Å². The summed E-state index contributed by atoms with van der Waals surface area (Å²) in [6.07, 6.45) is 1.77. The zero-order chi connectivity index (χ0) is 16.5. The van der Waals surface area contributed by atoms with Crippen LogP contribution in [0.15, 0.2) is 0 Å². The van der Waals surface area contributed by atoms with Gasteiger partial charge < -0.3 is 10.2 Å². The summed E-state index contributed by atoms with van der Waals surface area (Å²) in [7, 11) is 0. The van der Waals surface area contributed by atoms with Gasteiger partial charge in [-0.3, -0.25) is 29.4 Å². The van der Waals surface area contributed by atoms with Gasteiger partial charge in [0.05, 0.1) is 12.2 Å². The highest BCUT2D eigenvalue weighted by atomic mass is 16.2. The number of nitrogens with zero attached hydrogens (tertiary/aromatic N) is 2. The lowest BCUT2D eigenvalue weighted by molar-refractivity contribution is -0.150. The number of amides is 4. The van der Waals surface area contributed by atoms with Crippen molar-refractivity contribution in [3.63, 3.8) is 0 Å². The van der Waals surface area contributed by atoms with E-state index in [9.17, 15) is 19.2 Å². The van der Waals surface area contributed by atoms with Crippen LogP contribution in [-0.4, -0.2) is 64.8 Å². The summed E-state index contributed by atoms with van der Waals surface area (Å²) in [4.78, 5) is 50.6. The predicted octanol–water partition coefficient (Wildman–Crippen LogP) is -1.19. The van der Waals surface area contributed by atoms with Gasteiger partial charge in [-0.25, -0.2) is 0 Å². The quantitative estimate of drug-likeness (QED) is 0.625. The van der Waals surface area contributed by atoms with E-state index in [0.29, 0.717) is 13.1 Å². The first-order chi connectivity index (χ1) is 10.2. The van der Waals surface area contributed by atoms with E-state index in [1.807, 2.05) is 0 Å². The van der Waals surface area contributed by atoms with E-state index in [1.54, 1.807) is 13.8 Å². The zero-order valence-corrected chi connectivity index (χ0v) is 13.1. The fourth-order valence-electron chi connectivity index (χ4n) is 2.74. The van der Waals surface area contributed by atoms with Crippen LogP contribution < -0.4 is 10.6 Å². The molecule has 0 bridgehead atoms. The summed E-state index contributed by atoms with van der Waals surface area (Å²) in [5, 5.41) is 5.31. The Kier molecular flexibility index (Phi) is 4.50. The number of hydrogen-bond donors (Lipinski definition) is 2. The molecular weight excluding hydrogens is 288 g/mol. The smallest absolute Gasteiger partial charge is 0.311 e. The van der Waals surface area contributed by atoms with E-state index in [2.05, 4.69) is 10.6 Å². The highest BCUT2D eigenvalue weighted by Crippen LogP contribution is 2.18. The molecule has 22 heavy (non-hydrogen) atoms. The van der Waals surface area contributed by atoms with Crippen LogP contribution in [0.5, 0.6) is 0 Å². The van der Waals surface area contributed by atoms with Crippen LogP contribution in [-0.2, 0) is 19.2 Å². The minimum absolute atomic E-state index is 0.0755. The van der Waals surface area contributed by atoms with Crippen molar-refractivity contribution in [2.45, 2.75) is 45.3 Å². The van der Waals surface area contributed by atoms with Crippen molar-refractivity contribution in [3.8, 4) is 0 Å². The van der Waals surface area contributed by atoms with Crippen LogP contribution in [0.4, 0.5) is 0 Å². The molecule has 0 spiro atoms. The van der Waals surface area contributed by atoms with Crippen molar-refractivity contribution in [2.75, 3.05) is 19.6 Å². The Balaban J connectivity index is 1.97. The monoisotopic (exact) mass is 310 g/mol. The topological polar surface area (TPSA) is 98.8 Å². The lowest BCUT2D eigenvalue weighted by Gasteiger charge is -2.31. The van der Waals surface area contributed by atoms with Crippen LogP contribution in [0.2, 0.25) is 0 Å². The zero-order valence-electron chi connectivity index (χ0n) is 13.1. The molecule has 0 radical (unpaired) electrons. The van der Waals surface area contributed by atoms with Gasteiger partial charge in [-0.2, -0.15) is 0 Å². The first kappa shape index (κ1) is 16.4. The Morgan fingerprint density at radius 1 is 1.23 bits per heavy atom. The number of carbonyl (C=O) groups is 4. The number of rotatable bonds is 2. The summed E-state index contributed by atoms with van der Waals surface area (Å²) in [5.41, 5.74) is -0.799. The fraction of sp³-hybridized carbons (Fsp3) is 0.714. The third-order valence-electron chi connectivity index (χ3n) is 4.01. The second kappa shape index (κ2) is 6.04. The minimum atomic E-state index is -0.942. The van der Waals surface area contributed by atoms with Gasteiger partial charge in [0.2, 0.25) is 5.91 Å². The molecule has 1 atom stereocenters. The Hall–Kier alpha value is -1.96. The van der Waals surface area contributed by atoms with Crippen molar-refractivity contribution >= 4 is 23.6 Å². The summed E-state index contributed by atoms with van der Waals surface area (Å²) >= 11 is 0. The van der Waals surface area contributed by atoms with E-state index in [0.717, 1.165) is 17.7 Å². The molecule has 2 heterocycles. The lowest BCUT2D eigenvalue weighted by atomic mass is 10.2. The molecule has 2 N–H and O–H groups in total. The first-order valence-electron chi connectivity index (χ1n) is 7.46. The summed E-state index contributed by atoms with van der Waals surface area (Å²) < 4.78 is 0. The van der Waals surface area contributed by atoms with E-state index in [-0.39, 0.29) is 12.5 Å². The van der Waals surface area contributed by atoms with Crippen LogP contribution in [0.25, 0.3) is 0 Å². The van der Waals surface area contributed by atoms with Crippen LogP contribution >= 0.6 is 0 Å². The Labute approximate surface area is 129 Å². The maximum absolute atomic E-state index is 12.4. The molecule has 8 heteroatoms. The summed E-state index contributed by atoms with van der Waals surface area (Å²) in [5.74, 6) is -2.30. The number of imide groups is 1. The van der Waals surface area contributed by atoms with Crippen molar-refractivity contribution in [3.05, 3.63) is 0 Å². The number of likely N-dealkylation sites (tertiary alicyclic amines) is 1. The molecule has 0 aliphatic carbocycles. The average Bonchev–Trinajstić information content (AvgIpc) is 3.05. The van der Waals surface area contributed by atoms with Crippen molar-refractivity contribution in [2.24, 2.45) is 0 Å². The maximum Gasteiger partial charge on any atom is 0.311 e. The van der Waals surface area contributed by atoms with E-state index in [4.69, 9.17) is 0 Å². The normalized spacial score (nSPS) is 21.9. The van der Waals surface area contributed by atoms with Gasteiger partial charge in [0.25, 0.3) is 5.91 Å². The summed E-state index contributed by atoms with van der Waals surface area (Å²) in [6.45, 7) is 6.09. The molecule has 2 aliphatic heterocycles. The molecule has 122 valence electrons. The molecule has 2 rings (SSSR count). The number of hydrogen-bond acceptors (Lipinski definition) is 5. The lowest BCUT2D eigenvalue weighted by Crippen LogP contribution is -2.57. The third kappa shape index (κ3) is 3.11. The van der Waals surface area contributed by atoms with Gasteiger partial charge >= 0.3 is 11.8 Å². The van der Waals surface area contributed by atoms with Gasteiger partial charge in [-0.1, -0.05) is 0 Å². The van der Waals surface area contributed by atoms with Crippen molar-refractivity contribution in [1.82, 2.24) is 20.4 Å². The second-order valence-corrected chi connectivity index (χ2v) is 6.17. The Bertz CT molecular complexity index is 511. The molecular formula is C14H22N4O4. The first-order valence-corrected chi connectivity index (χ1v) is 7.46. The second-order valence-electron chi connectivity index (χ2n) is 6.17. The molecule has 2 saturated heterocycles. The Morgan fingerprint density at radius 2 is 1.82 bits per heavy atom. The fourth-order valence-corrected chi connectivity index (χ4v) is 2.74. The van der Waals surface area contributed by atoms with E-state index < -0.39 is 29.4 Å². The predicted molar refractivity (Wildman–Crippen MR) is 77.4 cm³/mol. The molecule has 1 unspecified atom stereocenters. The molecule has 2 fully saturated rings. The third-order valence-corrected chi connectivity index (χ3v) is 4.01. The molecule has 4 amide bonds. The van der Waals surface area contributed by atoms with E-state index in [1.165, 1.54) is 11.8 Å². The molecule has 0 saturated carbocycles. The SMILES string of the molecule is CC(NC(=O)C(=O)N1CCCC1)C(=O)N1C(=O)CNC1(C)C. The maximum atomic E-state index is 12.4. The van der Waals surface area contributed by atoms with Crippen LogP contribution in [0.1, 0.15) is 33.6 Å². The molecule has 2 aliphatic rings. The van der Waals surface area contributed by atoms with Gasteiger partial charge in [-0.05, 0) is 33.6 Å². The van der Waals surface area contributed by atoms with Crippen LogP contribution in [0, 0.1) is 0 Å². The molecule has 8 nitrogen and oxygen atoms in total. The molecule has 0 aromatic carbocycles. The standard InChI is InChI=1S/C14H22N4O4/c1-9(12(21)18-10(19)8-15-14(18,2)3)16-11(20)13(22)17-6-4-5-7-17/h9,15H,4-8H2,1-3H3,(H,16,20). The number of carbonyl (C=O) groups excluding carboxylic acids is 4. The largest absolute Gasteiger partial charge is 0.336 e. The molecule has 0 aromatic rings. The highest BCUT2D eigenvalue weighted by Gasteiger charge is 2.43. The van der Waals surface area contributed by atoms with Gasteiger partial charge in [0, 0.05) is 13.1 Å². The van der Waals surface area contributed by atoms with Crippen molar-refractivity contribution in [1.29, 1.82) is 0 Å². The van der Waals surface area contributed by atoms with E-state index >= 15 is 0 Å². The minimum Gasteiger partial charge on any atom is -0.336 e.